The first kappa shape index (κ1) is 15.9. The van der Waals surface area contributed by atoms with Crippen molar-refractivity contribution in [2.75, 3.05) is 38.3 Å². The molecule has 0 atom stereocenters. The normalized spacial score (nSPS) is 12.8. The van der Waals surface area contributed by atoms with Gasteiger partial charge in [-0.1, -0.05) is 19.1 Å². The van der Waals surface area contributed by atoms with Gasteiger partial charge in [-0.3, -0.25) is 0 Å². The molecule has 0 rings (SSSR count). The van der Waals surface area contributed by atoms with Crippen LogP contribution in [0, 0.1) is 0 Å². The molecule has 0 heterocycles. The molecule has 0 aromatic heterocycles. The lowest BCUT2D eigenvalue weighted by atomic mass is 10.4. The number of alkyl halides is 1. The molecule has 6 heteroatoms. The highest BCUT2D eigenvalue weighted by molar-refractivity contribution is 7.88. The fourth-order valence-corrected chi connectivity index (χ4v) is 2.33. The molecule has 0 aliphatic rings. The summed E-state index contributed by atoms with van der Waals surface area (Å²) in [6.07, 6.45) is 5.90. The van der Waals surface area contributed by atoms with Gasteiger partial charge in [-0.25, -0.2) is 12.7 Å². The number of allylic oxidation sites excluding steroid dienone is 1. The lowest BCUT2D eigenvalue weighted by molar-refractivity contribution is 0.421. The van der Waals surface area contributed by atoms with E-state index in [2.05, 4.69) is 5.32 Å². The maximum absolute atomic E-state index is 11.2. The van der Waals surface area contributed by atoms with Gasteiger partial charge in [0, 0.05) is 25.5 Å². The monoisotopic (exact) mass is 268 g/mol. The lowest BCUT2D eigenvalue weighted by Gasteiger charge is -2.17. The number of sulfonamides is 1. The van der Waals surface area contributed by atoms with Crippen molar-refractivity contribution < 1.29 is 8.42 Å². The summed E-state index contributed by atoms with van der Waals surface area (Å²) in [5, 5.41) is 3.18. The number of nitrogens with zero attached hydrogens (tertiary/aromatic N) is 1. The Morgan fingerprint density at radius 3 is 2.56 bits per heavy atom. The van der Waals surface area contributed by atoms with E-state index in [1.807, 2.05) is 19.1 Å². The molecule has 0 aromatic rings. The van der Waals surface area contributed by atoms with Gasteiger partial charge in [0.05, 0.1) is 6.26 Å². The summed E-state index contributed by atoms with van der Waals surface area (Å²) in [4.78, 5) is 0. The van der Waals surface area contributed by atoms with Crippen LogP contribution in [0.3, 0.4) is 0 Å². The molecule has 1 N–H and O–H groups in total. The number of halogens is 1. The van der Waals surface area contributed by atoms with Crippen molar-refractivity contribution in [1.29, 1.82) is 0 Å². The molecule has 96 valence electrons. The number of hydrogen-bond donors (Lipinski definition) is 1. The van der Waals surface area contributed by atoms with E-state index in [1.54, 1.807) is 0 Å². The first-order valence-electron chi connectivity index (χ1n) is 5.39. The van der Waals surface area contributed by atoms with Gasteiger partial charge in [0.1, 0.15) is 0 Å². The smallest absolute Gasteiger partial charge is 0.211 e. The van der Waals surface area contributed by atoms with Gasteiger partial charge in [-0.15, -0.1) is 11.6 Å². The van der Waals surface area contributed by atoms with Gasteiger partial charge in [0.15, 0.2) is 0 Å². The molecule has 4 nitrogen and oxygen atoms in total. The van der Waals surface area contributed by atoms with E-state index in [1.165, 1.54) is 10.6 Å². The summed E-state index contributed by atoms with van der Waals surface area (Å²) >= 11 is 5.46. The summed E-state index contributed by atoms with van der Waals surface area (Å²) < 4.78 is 24.0. The molecule has 0 saturated carbocycles. The summed E-state index contributed by atoms with van der Waals surface area (Å²) in [6.45, 7) is 4.53. The van der Waals surface area contributed by atoms with Crippen LogP contribution in [0.1, 0.15) is 13.3 Å². The van der Waals surface area contributed by atoms with Crippen LogP contribution in [0.15, 0.2) is 12.2 Å². The summed E-state index contributed by atoms with van der Waals surface area (Å²) in [5.41, 5.74) is 0. The molecule has 0 fully saturated rings. The van der Waals surface area contributed by atoms with Crippen LogP contribution < -0.4 is 5.32 Å². The van der Waals surface area contributed by atoms with Gasteiger partial charge >= 0.3 is 0 Å². The van der Waals surface area contributed by atoms with Crippen molar-refractivity contribution in [3.05, 3.63) is 12.2 Å². The van der Waals surface area contributed by atoms with E-state index >= 15 is 0 Å². The average molecular weight is 269 g/mol. The maximum Gasteiger partial charge on any atom is 0.211 e. The van der Waals surface area contributed by atoms with Crippen molar-refractivity contribution in [1.82, 2.24) is 9.62 Å². The molecular weight excluding hydrogens is 248 g/mol. The zero-order chi connectivity index (χ0) is 12.4. The molecule has 0 aliphatic carbocycles. The van der Waals surface area contributed by atoms with Crippen molar-refractivity contribution in [2.45, 2.75) is 13.3 Å². The molecule has 0 spiro atoms. The summed E-state index contributed by atoms with van der Waals surface area (Å²) in [6, 6.07) is 0. The Balaban J connectivity index is 3.61. The standard InChI is InChI=1S/C10H21ClN2O2S/c1-3-13(16(2,14)15)10-6-9-12-8-5-4-7-11/h4-5,12H,3,6-10H2,1-2H3/b5-4+. The zero-order valence-electron chi connectivity index (χ0n) is 9.95. The van der Waals surface area contributed by atoms with Gasteiger partial charge in [0.2, 0.25) is 10.0 Å². The zero-order valence-corrected chi connectivity index (χ0v) is 11.5. The minimum Gasteiger partial charge on any atom is -0.313 e. The van der Waals surface area contributed by atoms with Crippen LogP contribution in [0.25, 0.3) is 0 Å². The van der Waals surface area contributed by atoms with E-state index in [0.29, 0.717) is 19.0 Å². The van der Waals surface area contributed by atoms with Crippen LogP contribution in [0.2, 0.25) is 0 Å². The quantitative estimate of drug-likeness (QED) is 0.386. The fourth-order valence-electron chi connectivity index (χ4n) is 1.27. The topological polar surface area (TPSA) is 49.4 Å². The molecule has 0 bridgehead atoms. The molecule has 0 saturated heterocycles. The molecule has 16 heavy (non-hydrogen) atoms. The largest absolute Gasteiger partial charge is 0.313 e. The molecule has 0 aliphatic heterocycles. The predicted octanol–water partition coefficient (Wildman–Crippen LogP) is 1.04. The Kier molecular flexibility index (Phi) is 8.93. The van der Waals surface area contributed by atoms with Crippen molar-refractivity contribution in [3.63, 3.8) is 0 Å². The fraction of sp³-hybridized carbons (Fsp3) is 0.800. The van der Waals surface area contributed by atoms with E-state index in [-0.39, 0.29) is 0 Å². The average Bonchev–Trinajstić information content (AvgIpc) is 2.20. The van der Waals surface area contributed by atoms with E-state index < -0.39 is 10.0 Å². The third-order valence-electron chi connectivity index (χ3n) is 2.10. The minimum absolute atomic E-state index is 0.527. The highest BCUT2D eigenvalue weighted by Gasteiger charge is 2.12. The Morgan fingerprint density at radius 1 is 1.38 bits per heavy atom. The van der Waals surface area contributed by atoms with Crippen LogP contribution in [-0.2, 0) is 10.0 Å². The molecule has 0 unspecified atom stereocenters. The number of hydrogen-bond acceptors (Lipinski definition) is 3. The van der Waals surface area contributed by atoms with Crippen LogP contribution >= 0.6 is 11.6 Å². The van der Waals surface area contributed by atoms with Crippen LogP contribution in [0.5, 0.6) is 0 Å². The Labute approximate surface area is 104 Å². The van der Waals surface area contributed by atoms with E-state index in [4.69, 9.17) is 11.6 Å². The van der Waals surface area contributed by atoms with Gasteiger partial charge in [0.25, 0.3) is 0 Å². The van der Waals surface area contributed by atoms with Crippen molar-refractivity contribution in [2.24, 2.45) is 0 Å². The van der Waals surface area contributed by atoms with Gasteiger partial charge in [-0.2, -0.15) is 0 Å². The third kappa shape index (κ3) is 8.10. The highest BCUT2D eigenvalue weighted by Crippen LogP contribution is 1.97. The maximum atomic E-state index is 11.2. The summed E-state index contributed by atoms with van der Waals surface area (Å²) in [5.74, 6) is 0.527. The first-order valence-corrected chi connectivity index (χ1v) is 7.77. The third-order valence-corrected chi connectivity index (χ3v) is 3.66. The second kappa shape index (κ2) is 8.98. The van der Waals surface area contributed by atoms with Gasteiger partial charge in [-0.05, 0) is 13.0 Å². The highest BCUT2D eigenvalue weighted by atomic mass is 35.5. The van der Waals surface area contributed by atoms with E-state index in [0.717, 1.165) is 19.5 Å². The van der Waals surface area contributed by atoms with Crippen LogP contribution in [-0.4, -0.2) is 51.0 Å². The Bertz CT molecular complexity index is 291. The van der Waals surface area contributed by atoms with Crippen LogP contribution in [0.4, 0.5) is 0 Å². The Morgan fingerprint density at radius 2 is 2.06 bits per heavy atom. The van der Waals surface area contributed by atoms with Gasteiger partial charge < -0.3 is 5.32 Å². The minimum atomic E-state index is -3.04. The Hall–Kier alpha value is -0.100. The second-order valence-electron chi connectivity index (χ2n) is 3.44. The van der Waals surface area contributed by atoms with Crippen molar-refractivity contribution in [3.8, 4) is 0 Å². The molecule has 0 amide bonds. The lowest BCUT2D eigenvalue weighted by Crippen LogP contribution is -2.32. The number of nitrogens with one attached hydrogen (secondary N) is 1. The molecule has 0 radical (unpaired) electrons. The molecule has 0 aromatic carbocycles. The van der Waals surface area contributed by atoms with Crippen molar-refractivity contribution >= 4 is 21.6 Å². The van der Waals surface area contributed by atoms with E-state index in [9.17, 15) is 8.42 Å². The predicted molar refractivity (Wildman–Crippen MR) is 69.4 cm³/mol. The first-order chi connectivity index (χ1) is 7.52. The summed E-state index contributed by atoms with van der Waals surface area (Å²) in [7, 11) is -3.04. The second-order valence-corrected chi connectivity index (χ2v) is 5.73. The SMILES string of the molecule is CCN(CCCNC/C=C/CCl)S(C)(=O)=O. The molecular formula is C10H21ClN2O2S. The number of rotatable bonds is 9.